The zero-order valence-electron chi connectivity index (χ0n) is 4.43. The van der Waals surface area contributed by atoms with Crippen LogP contribution in [0.25, 0.3) is 0 Å². The van der Waals surface area contributed by atoms with E-state index < -0.39 is 26.1 Å². The van der Waals surface area contributed by atoms with Crippen molar-refractivity contribution in [2.24, 2.45) is 0 Å². The molecule has 0 heterocycles. The van der Waals surface area contributed by atoms with Crippen LogP contribution in [-0.2, 0) is 0 Å². The average molecular weight is 320 g/mol. The van der Waals surface area contributed by atoms with Crippen molar-refractivity contribution in [2.45, 2.75) is 8.45 Å². The Kier molecular flexibility index (Phi) is 2.97. The van der Waals surface area contributed by atoms with E-state index in [9.17, 15) is 29.2 Å². The van der Waals surface area contributed by atoms with Gasteiger partial charge in [-0.15, -0.1) is 0 Å². The Balaban J connectivity index is 4.75. The monoisotopic (exact) mass is 322 g/mol. The normalized spacial score (nSPS) is 16.7. The molecule has 0 aliphatic rings. The predicted molar refractivity (Wildman–Crippen MR) is 24.8 cm³/mol. The first-order chi connectivity index (χ1) is 4.50. The molecule has 0 radical (unpaired) electrons. The molecule has 0 aromatic carbocycles. The Morgan fingerprint density at radius 2 is 1.00 bits per heavy atom. The van der Waals surface area contributed by atoms with Crippen LogP contribution in [0.2, 0.25) is 0 Å². The molecule has 0 spiro atoms. The van der Waals surface area contributed by atoms with Crippen LogP contribution < -0.4 is 0 Å². The van der Waals surface area contributed by atoms with Crippen molar-refractivity contribution in [3.05, 3.63) is 0 Å². The van der Waals surface area contributed by atoms with Gasteiger partial charge in [-0.25, -0.2) is 0 Å². The molecule has 0 aromatic rings. The van der Waals surface area contributed by atoms with E-state index >= 15 is 0 Å². The van der Waals surface area contributed by atoms with Gasteiger partial charge in [0, 0.05) is 0 Å². The van der Waals surface area contributed by atoms with Crippen molar-refractivity contribution in [1.82, 2.24) is 0 Å². The number of rotatable bonds is 0. The van der Waals surface area contributed by atoms with E-state index in [4.69, 9.17) is 0 Å². The van der Waals surface area contributed by atoms with Gasteiger partial charge in [-0.1, -0.05) is 0 Å². The third-order valence-corrected chi connectivity index (χ3v) is 6.25. The van der Waals surface area contributed by atoms with Crippen molar-refractivity contribution in [2.75, 3.05) is 0 Å². The van der Waals surface area contributed by atoms with Gasteiger partial charge in [0.05, 0.1) is 0 Å². The van der Waals surface area contributed by atoms with E-state index in [-0.39, 0.29) is 0 Å². The van der Waals surface area contributed by atoms with E-state index in [0.29, 0.717) is 0 Å². The maximum atomic E-state index is 11.8. The van der Waals surface area contributed by atoms with Gasteiger partial charge in [-0.05, 0) is 0 Å². The summed E-state index contributed by atoms with van der Waals surface area (Å²) in [5.41, 5.74) is 0. The minimum absolute atomic E-state index is 3.76. The minimum atomic E-state index is -7.68. The average Bonchev–Trinajstić information content (AvgIpc) is 1.58. The van der Waals surface area contributed by atoms with Crippen molar-refractivity contribution >= 4 is 26.6 Å². The third kappa shape index (κ3) is 2.26. The first-order valence-corrected chi connectivity index (χ1v) is 8.01. The number of hydrogen-bond acceptors (Lipinski definition) is 0. The standard InChI is InChI=1S/C2ClF7Te/c3-11(10,1(4,5)6)2(7,8)9. The molecule has 0 aliphatic carbocycles. The molecule has 0 aliphatic heterocycles. The Morgan fingerprint density at radius 1 is 0.818 bits per heavy atom. The molecule has 0 N–H and O–H groups in total. The van der Waals surface area contributed by atoms with Gasteiger partial charge in [0.15, 0.2) is 0 Å². The van der Waals surface area contributed by atoms with Gasteiger partial charge in [0.25, 0.3) is 0 Å². The molecule has 11 heavy (non-hydrogen) atoms. The zero-order valence-corrected chi connectivity index (χ0v) is 7.52. The molecule has 70 valence electrons. The van der Waals surface area contributed by atoms with Crippen LogP contribution in [-0.4, -0.2) is 26.1 Å². The van der Waals surface area contributed by atoms with Gasteiger partial charge >= 0.3 is 64.3 Å². The fourth-order valence-corrected chi connectivity index (χ4v) is 0.880. The zero-order chi connectivity index (χ0) is 9.50. The molecular weight excluding hydrogens is 320 g/mol. The van der Waals surface area contributed by atoms with Crippen LogP contribution in [0.1, 0.15) is 0 Å². The van der Waals surface area contributed by atoms with E-state index in [1.807, 2.05) is 0 Å². The molecule has 0 saturated carbocycles. The summed E-state index contributed by atoms with van der Waals surface area (Å²) >= 11 is -7.68. The molecule has 0 saturated heterocycles. The molecule has 0 fully saturated rings. The van der Waals surface area contributed by atoms with Crippen molar-refractivity contribution in [3.8, 4) is 0 Å². The number of hydrogen-bond donors (Lipinski definition) is 0. The van der Waals surface area contributed by atoms with Crippen LogP contribution in [0, 0.1) is 0 Å². The summed E-state index contributed by atoms with van der Waals surface area (Å²) in [7, 11) is 3.76. The quantitative estimate of drug-likeness (QED) is 0.476. The van der Waals surface area contributed by atoms with Crippen LogP contribution in [0.5, 0.6) is 0 Å². The predicted octanol–water partition coefficient (Wildman–Crippen LogP) is 2.84. The summed E-state index contributed by atoms with van der Waals surface area (Å²) in [6, 6.07) is 0. The third-order valence-electron chi connectivity index (χ3n) is 0.581. The molecule has 0 unspecified atom stereocenters. The fourth-order valence-electron chi connectivity index (χ4n) is 0.131. The summed E-state index contributed by atoms with van der Waals surface area (Å²) < 4.78 is 67.0. The number of halogens is 8. The number of alkyl halides is 6. The van der Waals surface area contributed by atoms with Crippen molar-refractivity contribution < 1.29 is 29.2 Å². The maximum absolute atomic E-state index is 11.8. The summed E-state index contributed by atoms with van der Waals surface area (Å²) in [6.07, 6.45) is 0. The van der Waals surface area contributed by atoms with E-state index in [1.165, 1.54) is 0 Å². The Bertz CT molecular complexity index is 128. The first kappa shape index (κ1) is 11.6. The molecule has 0 nitrogen and oxygen atoms in total. The Labute approximate surface area is 64.6 Å². The molecule has 9 heteroatoms. The van der Waals surface area contributed by atoms with Crippen LogP contribution in [0.4, 0.5) is 29.2 Å². The van der Waals surface area contributed by atoms with E-state index in [1.54, 1.807) is 0 Å². The van der Waals surface area contributed by atoms with Crippen LogP contribution >= 0.6 is 8.96 Å². The van der Waals surface area contributed by atoms with Gasteiger partial charge in [0.2, 0.25) is 0 Å². The molecule has 0 amide bonds. The van der Waals surface area contributed by atoms with Gasteiger partial charge < -0.3 is 0 Å². The van der Waals surface area contributed by atoms with Crippen molar-refractivity contribution in [1.29, 1.82) is 0 Å². The van der Waals surface area contributed by atoms with E-state index in [2.05, 4.69) is 8.96 Å². The molecule has 0 rings (SSSR count). The SMILES string of the molecule is FC(F)(F)[Te](F)(Cl)C(F)(F)F. The van der Waals surface area contributed by atoms with Gasteiger partial charge in [-0.3, -0.25) is 0 Å². The Morgan fingerprint density at radius 3 is 1.00 bits per heavy atom. The molecule has 0 bridgehead atoms. The second-order valence-corrected chi connectivity index (χ2v) is 9.53. The topological polar surface area (TPSA) is 0 Å². The van der Waals surface area contributed by atoms with Crippen LogP contribution in [0.15, 0.2) is 0 Å². The van der Waals surface area contributed by atoms with Gasteiger partial charge in [0.1, 0.15) is 0 Å². The second-order valence-electron chi connectivity index (χ2n) is 1.36. The Hall–Kier alpha value is 0.590. The second kappa shape index (κ2) is 2.82. The summed E-state index contributed by atoms with van der Waals surface area (Å²) in [5, 5.41) is 0. The fraction of sp³-hybridized carbons (Fsp3) is 1.00. The molecular formula is C2ClF7Te. The molecule has 0 aromatic heterocycles. The first-order valence-electron chi connectivity index (χ1n) is 1.85. The summed E-state index contributed by atoms with van der Waals surface area (Å²) in [4.78, 5) is 0. The summed E-state index contributed by atoms with van der Waals surface area (Å²) in [5.74, 6) is 0. The van der Waals surface area contributed by atoms with Crippen molar-refractivity contribution in [3.63, 3.8) is 0 Å². The summed E-state index contributed by atoms with van der Waals surface area (Å²) in [6.45, 7) is 0. The van der Waals surface area contributed by atoms with E-state index in [0.717, 1.165) is 0 Å². The van der Waals surface area contributed by atoms with Crippen LogP contribution in [0.3, 0.4) is 0 Å². The molecule has 0 atom stereocenters. The van der Waals surface area contributed by atoms with Gasteiger partial charge in [-0.2, -0.15) is 0 Å².